The number of thiocarbonyl (C=S) groups is 1. The Kier molecular flexibility index (Phi) is 6.34. The fraction of sp³-hybridized carbons (Fsp3) is 0.190. The molecule has 0 radical (unpaired) electrons. The number of hydrogen-bond donors (Lipinski definition) is 1. The third kappa shape index (κ3) is 4.33. The molecule has 0 aliphatic carbocycles. The van der Waals surface area contributed by atoms with Gasteiger partial charge in [0.25, 0.3) is 11.8 Å². The number of anilines is 1. The van der Waals surface area contributed by atoms with Crippen LogP contribution in [0.25, 0.3) is 6.08 Å². The quantitative estimate of drug-likeness (QED) is 0.403. The lowest BCUT2D eigenvalue weighted by Crippen LogP contribution is -2.54. The van der Waals surface area contributed by atoms with Crippen LogP contribution in [-0.4, -0.2) is 30.6 Å². The second kappa shape index (κ2) is 8.75. The van der Waals surface area contributed by atoms with Gasteiger partial charge in [0.05, 0.1) is 23.9 Å². The Bertz CT molecular complexity index is 1020. The van der Waals surface area contributed by atoms with Gasteiger partial charge < -0.3 is 9.47 Å². The topological polar surface area (TPSA) is 67.9 Å². The van der Waals surface area contributed by atoms with Crippen LogP contribution in [0.4, 0.5) is 5.69 Å². The van der Waals surface area contributed by atoms with Crippen LogP contribution in [0.3, 0.4) is 0 Å². The number of methoxy groups -OCH3 is 1. The van der Waals surface area contributed by atoms with Crippen LogP contribution in [-0.2, 0) is 9.59 Å². The van der Waals surface area contributed by atoms with E-state index >= 15 is 0 Å². The first-order chi connectivity index (χ1) is 13.8. The first kappa shape index (κ1) is 21.0. The van der Waals surface area contributed by atoms with Gasteiger partial charge in [0, 0.05) is 0 Å². The number of nitrogens with one attached hydrogen (secondary N) is 1. The highest BCUT2D eigenvalue weighted by atomic mass is 79.9. The summed E-state index contributed by atoms with van der Waals surface area (Å²) in [6.45, 7) is 4.25. The largest absolute Gasteiger partial charge is 0.492 e. The number of ether oxygens (including phenoxy) is 2. The molecule has 1 aliphatic rings. The van der Waals surface area contributed by atoms with Gasteiger partial charge in [-0.3, -0.25) is 19.8 Å². The van der Waals surface area contributed by atoms with Crippen molar-refractivity contribution in [1.29, 1.82) is 0 Å². The summed E-state index contributed by atoms with van der Waals surface area (Å²) in [6.07, 6.45) is 1.51. The molecule has 1 heterocycles. The molecule has 29 heavy (non-hydrogen) atoms. The number of amides is 2. The molecular formula is C21H19BrN2O4S. The first-order valence-electron chi connectivity index (χ1n) is 8.84. The van der Waals surface area contributed by atoms with E-state index in [0.29, 0.717) is 33.8 Å². The summed E-state index contributed by atoms with van der Waals surface area (Å²) in [4.78, 5) is 26.9. The minimum Gasteiger partial charge on any atom is -0.492 e. The summed E-state index contributed by atoms with van der Waals surface area (Å²) in [5.41, 5.74) is 2.22. The van der Waals surface area contributed by atoms with Gasteiger partial charge in [-0.1, -0.05) is 17.7 Å². The molecule has 150 valence electrons. The van der Waals surface area contributed by atoms with E-state index in [2.05, 4.69) is 21.2 Å². The molecule has 0 aromatic heterocycles. The summed E-state index contributed by atoms with van der Waals surface area (Å²) < 4.78 is 11.6. The smallest absolute Gasteiger partial charge is 0.270 e. The Morgan fingerprint density at radius 3 is 2.52 bits per heavy atom. The second-order valence-corrected chi connectivity index (χ2v) is 7.50. The van der Waals surface area contributed by atoms with E-state index in [-0.39, 0.29) is 10.7 Å². The maximum atomic E-state index is 13.1. The third-order valence-corrected chi connectivity index (χ3v) is 5.11. The molecule has 0 bridgehead atoms. The van der Waals surface area contributed by atoms with Gasteiger partial charge >= 0.3 is 0 Å². The average molecular weight is 475 g/mol. The molecule has 0 saturated carbocycles. The molecule has 2 amide bonds. The van der Waals surface area contributed by atoms with E-state index in [0.717, 1.165) is 5.56 Å². The van der Waals surface area contributed by atoms with Crippen LogP contribution >= 0.6 is 28.1 Å². The maximum absolute atomic E-state index is 13.1. The molecular weight excluding hydrogens is 456 g/mol. The van der Waals surface area contributed by atoms with Crippen LogP contribution in [0.15, 0.2) is 46.4 Å². The van der Waals surface area contributed by atoms with Gasteiger partial charge in [-0.25, -0.2) is 0 Å². The van der Waals surface area contributed by atoms with E-state index in [9.17, 15) is 9.59 Å². The third-order valence-electron chi connectivity index (χ3n) is 4.24. The molecule has 0 atom stereocenters. The fourth-order valence-corrected chi connectivity index (χ4v) is 3.79. The number of hydrogen-bond acceptors (Lipinski definition) is 5. The van der Waals surface area contributed by atoms with Gasteiger partial charge in [0.2, 0.25) is 0 Å². The zero-order valence-electron chi connectivity index (χ0n) is 16.1. The minimum absolute atomic E-state index is 0.0290. The summed E-state index contributed by atoms with van der Waals surface area (Å²) in [7, 11) is 1.54. The molecule has 8 heteroatoms. The van der Waals surface area contributed by atoms with Crippen molar-refractivity contribution in [2.45, 2.75) is 13.8 Å². The Morgan fingerprint density at radius 1 is 1.21 bits per heavy atom. The molecule has 1 aliphatic heterocycles. The molecule has 2 aromatic rings. The zero-order chi connectivity index (χ0) is 21.1. The lowest BCUT2D eigenvalue weighted by Gasteiger charge is -2.29. The highest BCUT2D eigenvalue weighted by Gasteiger charge is 2.34. The lowest BCUT2D eigenvalue weighted by atomic mass is 10.1. The van der Waals surface area contributed by atoms with Crippen molar-refractivity contribution < 1.29 is 19.1 Å². The molecule has 0 spiro atoms. The predicted molar refractivity (Wildman–Crippen MR) is 119 cm³/mol. The molecule has 1 N–H and O–H groups in total. The highest BCUT2D eigenvalue weighted by Crippen LogP contribution is 2.37. The fourth-order valence-electron chi connectivity index (χ4n) is 2.88. The normalized spacial score (nSPS) is 15.5. The van der Waals surface area contributed by atoms with Crippen molar-refractivity contribution in [3.63, 3.8) is 0 Å². The standard InChI is InChI=1S/C21H19BrN2O4S/c1-4-28-17-11-13(10-16(22)18(17)27-3)9-15-19(25)23-21(29)24(20(15)26)14-7-5-12(2)6-8-14/h5-11H,4H2,1-3H3,(H,23,25,29). The number of halogens is 1. The number of carbonyl (C=O) groups excluding carboxylic acids is 2. The predicted octanol–water partition coefficient (Wildman–Crippen LogP) is 4.00. The second-order valence-electron chi connectivity index (χ2n) is 6.26. The monoisotopic (exact) mass is 474 g/mol. The van der Waals surface area contributed by atoms with Crippen molar-refractivity contribution >= 4 is 56.8 Å². The number of aryl methyl sites for hydroxylation is 1. The molecule has 3 rings (SSSR count). The SMILES string of the molecule is CCOc1cc(C=C2C(=O)NC(=S)N(c3ccc(C)cc3)C2=O)cc(Br)c1OC. The van der Waals surface area contributed by atoms with Gasteiger partial charge in [0.1, 0.15) is 5.57 Å². The van der Waals surface area contributed by atoms with E-state index in [1.165, 1.54) is 11.0 Å². The van der Waals surface area contributed by atoms with Crippen molar-refractivity contribution in [2.75, 3.05) is 18.6 Å². The zero-order valence-corrected chi connectivity index (χ0v) is 18.5. The van der Waals surface area contributed by atoms with Crippen molar-refractivity contribution in [3.8, 4) is 11.5 Å². The number of carbonyl (C=O) groups is 2. The Balaban J connectivity index is 2.03. The molecule has 1 saturated heterocycles. The minimum atomic E-state index is -0.548. The highest BCUT2D eigenvalue weighted by molar-refractivity contribution is 9.10. The van der Waals surface area contributed by atoms with Gasteiger partial charge in [-0.05, 0) is 77.9 Å². The van der Waals surface area contributed by atoms with E-state index in [1.807, 2.05) is 26.0 Å². The Morgan fingerprint density at radius 2 is 1.90 bits per heavy atom. The Hall–Kier alpha value is -2.71. The van der Waals surface area contributed by atoms with Crippen LogP contribution in [0, 0.1) is 6.92 Å². The van der Waals surface area contributed by atoms with Crippen LogP contribution in [0.1, 0.15) is 18.1 Å². The average Bonchev–Trinajstić information content (AvgIpc) is 2.67. The lowest BCUT2D eigenvalue weighted by molar-refractivity contribution is -0.122. The van der Waals surface area contributed by atoms with Crippen molar-refractivity contribution in [1.82, 2.24) is 5.32 Å². The van der Waals surface area contributed by atoms with Crippen LogP contribution in [0.2, 0.25) is 0 Å². The summed E-state index contributed by atoms with van der Waals surface area (Å²) >= 11 is 8.66. The molecule has 2 aromatic carbocycles. The van der Waals surface area contributed by atoms with Crippen LogP contribution in [0.5, 0.6) is 11.5 Å². The maximum Gasteiger partial charge on any atom is 0.270 e. The van der Waals surface area contributed by atoms with Gasteiger partial charge in [-0.2, -0.15) is 0 Å². The van der Waals surface area contributed by atoms with Gasteiger partial charge in [-0.15, -0.1) is 0 Å². The van der Waals surface area contributed by atoms with Gasteiger partial charge in [0.15, 0.2) is 16.6 Å². The molecule has 1 fully saturated rings. The van der Waals surface area contributed by atoms with E-state index < -0.39 is 11.8 Å². The summed E-state index contributed by atoms with van der Waals surface area (Å²) in [5.74, 6) is 0.00227. The number of benzene rings is 2. The summed E-state index contributed by atoms with van der Waals surface area (Å²) in [5, 5.41) is 2.63. The molecule has 6 nitrogen and oxygen atoms in total. The van der Waals surface area contributed by atoms with E-state index in [4.69, 9.17) is 21.7 Å². The van der Waals surface area contributed by atoms with Crippen LogP contribution < -0.4 is 19.7 Å². The van der Waals surface area contributed by atoms with E-state index in [1.54, 1.807) is 31.4 Å². The number of rotatable bonds is 5. The number of nitrogens with zero attached hydrogens (tertiary/aromatic N) is 1. The Labute approximate surface area is 182 Å². The summed E-state index contributed by atoms with van der Waals surface area (Å²) in [6, 6.07) is 10.8. The van der Waals surface area contributed by atoms with Crippen molar-refractivity contribution in [3.05, 3.63) is 57.6 Å². The van der Waals surface area contributed by atoms with Crippen molar-refractivity contribution in [2.24, 2.45) is 0 Å². The first-order valence-corrected chi connectivity index (χ1v) is 10.0. The molecule has 0 unspecified atom stereocenters.